The first kappa shape index (κ1) is 16.1. The summed E-state index contributed by atoms with van der Waals surface area (Å²) >= 11 is 0. The summed E-state index contributed by atoms with van der Waals surface area (Å²) in [6.07, 6.45) is 6.27. The molecule has 1 aromatic rings. The Labute approximate surface area is 114 Å². The van der Waals surface area contributed by atoms with Crippen LogP contribution in [0.2, 0.25) is 0 Å². The summed E-state index contributed by atoms with van der Waals surface area (Å²) in [5, 5.41) is 9.91. The first-order valence-electron chi connectivity index (χ1n) is 7.20. The molecule has 0 aliphatic heterocycles. The Kier molecular flexibility index (Phi) is 7.00. The third kappa shape index (κ3) is 4.90. The van der Waals surface area contributed by atoms with Crippen molar-refractivity contribution < 1.29 is 13.9 Å². The van der Waals surface area contributed by atoms with E-state index in [2.05, 4.69) is 6.92 Å². The van der Waals surface area contributed by atoms with Crippen molar-refractivity contribution in [1.29, 1.82) is 0 Å². The zero-order valence-electron chi connectivity index (χ0n) is 11.9. The van der Waals surface area contributed by atoms with Crippen LogP contribution in [-0.4, -0.2) is 5.11 Å². The molecule has 1 unspecified atom stereocenters. The van der Waals surface area contributed by atoms with Gasteiger partial charge in [-0.2, -0.15) is 0 Å². The van der Waals surface area contributed by atoms with E-state index in [9.17, 15) is 13.9 Å². The van der Waals surface area contributed by atoms with Crippen molar-refractivity contribution in [2.45, 2.75) is 64.9 Å². The lowest BCUT2D eigenvalue weighted by atomic mass is 10.00. The Balaban J connectivity index is 2.41. The van der Waals surface area contributed by atoms with E-state index in [1.165, 1.54) is 38.3 Å². The summed E-state index contributed by atoms with van der Waals surface area (Å²) in [6, 6.07) is 2.99. The second kappa shape index (κ2) is 8.26. The highest BCUT2D eigenvalue weighted by molar-refractivity contribution is 5.26. The number of unbranched alkanes of at least 4 members (excludes halogenated alkanes) is 5. The molecule has 0 bridgehead atoms. The van der Waals surface area contributed by atoms with Crippen LogP contribution in [0.15, 0.2) is 12.1 Å². The predicted molar refractivity (Wildman–Crippen MR) is 74.0 cm³/mol. The zero-order valence-corrected chi connectivity index (χ0v) is 11.9. The maximum atomic E-state index is 13.7. The molecule has 1 atom stereocenters. The van der Waals surface area contributed by atoms with Crippen molar-refractivity contribution in [1.82, 2.24) is 0 Å². The molecule has 1 nitrogen and oxygen atoms in total. The standard InChI is InChI=1S/C16H24F2O/c1-3-4-5-6-7-8-9-14(19)13-11-10-12(2)15(17)16(13)18/h10-11,14,19H,3-9H2,1-2H3. The monoisotopic (exact) mass is 270 g/mol. The lowest BCUT2D eigenvalue weighted by Gasteiger charge is -2.13. The van der Waals surface area contributed by atoms with Crippen LogP contribution in [0.25, 0.3) is 0 Å². The van der Waals surface area contributed by atoms with Crippen molar-refractivity contribution in [2.75, 3.05) is 0 Å². The van der Waals surface area contributed by atoms with Crippen LogP contribution in [0.1, 0.15) is 69.1 Å². The van der Waals surface area contributed by atoms with E-state index in [-0.39, 0.29) is 11.1 Å². The van der Waals surface area contributed by atoms with E-state index in [1.807, 2.05) is 0 Å². The molecule has 0 radical (unpaired) electrons. The van der Waals surface area contributed by atoms with Crippen LogP contribution in [0.5, 0.6) is 0 Å². The van der Waals surface area contributed by atoms with Crippen LogP contribution in [0.4, 0.5) is 8.78 Å². The minimum Gasteiger partial charge on any atom is -0.388 e. The highest BCUT2D eigenvalue weighted by Crippen LogP contribution is 2.25. The summed E-state index contributed by atoms with van der Waals surface area (Å²) in [5.41, 5.74) is 0.352. The molecule has 0 amide bonds. The van der Waals surface area contributed by atoms with Gasteiger partial charge in [0.15, 0.2) is 11.6 Å². The van der Waals surface area contributed by atoms with Crippen LogP contribution in [0.3, 0.4) is 0 Å². The van der Waals surface area contributed by atoms with Gasteiger partial charge < -0.3 is 5.11 Å². The van der Waals surface area contributed by atoms with Crippen LogP contribution < -0.4 is 0 Å². The Hall–Kier alpha value is -0.960. The molecular formula is C16H24F2O. The van der Waals surface area contributed by atoms with Gasteiger partial charge in [0, 0.05) is 5.56 Å². The molecule has 0 aliphatic rings. The molecule has 3 heteroatoms. The summed E-state index contributed by atoms with van der Waals surface area (Å²) < 4.78 is 27.0. The highest BCUT2D eigenvalue weighted by Gasteiger charge is 2.17. The second-order valence-electron chi connectivity index (χ2n) is 5.17. The molecule has 0 saturated heterocycles. The highest BCUT2D eigenvalue weighted by atomic mass is 19.2. The average molecular weight is 270 g/mol. The van der Waals surface area contributed by atoms with Gasteiger partial charge in [-0.05, 0) is 18.9 Å². The van der Waals surface area contributed by atoms with E-state index in [4.69, 9.17) is 0 Å². The summed E-state index contributed by atoms with van der Waals surface area (Å²) in [5.74, 6) is -1.75. The fourth-order valence-electron chi connectivity index (χ4n) is 2.19. The second-order valence-corrected chi connectivity index (χ2v) is 5.17. The van der Waals surface area contributed by atoms with Gasteiger partial charge in [0.25, 0.3) is 0 Å². The van der Waals surface area contributed by atoms with E-state index in [0.717, 1.165) is 19.3 Å². The number of aliphatic hydroxyl groups excluding tert-OH is 1. The molecule has 108 valence electrons. The Morgan fingerprint density at radius 1 is 1.00 bits per heavy atom. The van der Waals surface area contributed by atoms with Gasteiger partial charge >= 0.3 is 0 Å². The largest absolute Gasteiger partial charge is 0.388 e. The van der Waals surface area contributed by atoms with Crippen molar-refractivity contribution in [3.8, 4) is 0 Å². The van der Waals surface area contributed by atoms with Gasteiger partial charge in [-0.1, -0.05) is 57.6 Å². The number of rotatable bonds is 8. The van der Waals surface area contributed by atoms with E-state index in [0.29, 0.717) is 6.42 Å². The van der Waals surface area contributed by atoms with Crippen molar-refractivity contribution >= 4 is 0 Å². The minimum absolute atomic E-state index is 0.0802. The van der Waals surface area contributed by atoms with Gasteiger partial charge in [-0.25, -0.2) is 8.78 Å². The number of hydrogen-bond donors (Lipinski definition) is 1. The first-order chi connectivity index (χ1) is 9.07. The molecule has 0 aliphatic carbocycles. The van der Waals surface area contributed by atoms with Crippen LogP contribution in [0, 0.1) is 18.6 Å². The van der Waals surface area contributed by atoms with Crippen molar-refractivity contribution in [2.24, 2.45) is 0 Å². The quantitative estimate of drug-likeness (QED) is 0.655. The van der Waals surface area contributed by atoms with Gasteiger partial charge in [0.05, 0.1) is 6.10 Å². The topological polar surface area (TPSA) is 20.2 Å². The third-order valence-corrected chi connectivity index (χ3v) is 3.50. The number of halogens is 2. The number of aryl methyl sites for hydroxylation is 1. The van der Waals surface area contributed by atoms with Gasteiger partial charge in [-0.3, -0.25) is 0 Å². The molecule has 1 aromatic carbocycles. The Morgan fingerprint density at radius 2 is 1.63 bits per heavy atom. The van der Waals surface area contributed by atoms with Gasteiger partial charge in [-0.15, -0.1) is 0 Å². The average Bonchev–Trinajstić information content (AvgIpc) is 2.40. The normalized spacial score (nSPS) is 12.7. The number of benzene rings is 1. The first-order valence-corrected chi connectivity index (χ1v) is 7.20. The lowest BCUT2D eigenvalue weighted by molar-refractivity contribution is 0.157. The van der Waals surface area contributed by atoms with Crippen molar-refractivity contribution in [3.05, 3.63) is 34.9 Å². The molecule has 0 saturated carbocycles. The Bertz CT molecular complexity index is 391. The van der Waals surface area contributed by atoms with Crippen LogP contribution >= 0.6 is 0 Å². The molecule has 0 fully saturated rings. The smallest absolute Gasteiger partial charge is 0.164 e. The fraction of sp³-hybridized carbons (Fsp3) is 0.625. The fourth-order valence-corrected chi connectivity index (χ4v) is 2.19. The summed E-state index contributed by atoms with van der Waals surface area (Å²) in [4.78, 5) is 0. The third-order valence-electron chi connectivity index (χ3n) is 3.50. The SMILES string of the molecule is CCCCCCCCC(O)c1ccc(C)c(F)c1F. The maximum absolute atomic E-state index is 13.7. The molecule has 0 aromatic heterocycles. The number of hydrogen-bond acceptors (Lipinski definition) is 1. The molecular weight excluding hydrogens is 246 g/mol. The summed E-state index contributed by atoms with van der Waals surface area (Å²) in [6.45, 7) is 3.68. The summed E-state index contributed by atoms with van der Waals surface area (Å²) in [7, 11) is 0. The van der Waals surface area contributed by atoms with Crippen molar-refractivity contribution in [3.63, 3.8) is 0 Å². The van der Waals surface area contributed by atoms with Gasteiger partial charge in [0.1, 0.15) is 0 Å². The predicted octanol–water partition coefficient (Wildman–Crippen LogP) is 5.06. The van der Waals surface area contributed by atoms with E-state index in [1.54, 1.807) is 0 Å². The lowest BCUT2D eigenvalue weighted by Crippen LogP contribution is -2.04. The molecule has 1 rings (SSSR count). The molecule has 0 spiro atoms. The maximum Gasteiger partial charge on any atom is 0.164 e. The van der Waals surface area contributed by atoms with Gasteiger partial charge in [0.2, 0.25) is 0 Å². The molecule has 0 heterocycles. The van der Waals surface area contributed by atoms with E-state index >= 15 is 0 Å². The minimum atomic E-state index is -0.904. The van der Waals surface area contributed by atoms with Crippen LogP contribution in [-0.2, 0) is 0 Å². The zero-order chi connectivity index (χ0) is 14.3. The number of aliphatic hydroxyl groups is 1. The molecule has 1 N–H and O–H groups in total. The Morgan fingerprint density at radius 3 is 2.32 bits per heavy atom. The molecule has 19 heavy (non-hydrogen) atoms. The van der Waals surface area contributed by atoms with E-state index < -0.39 is 17.7 Å².